The van der Waals surface area contributed by atoms with Crippen LogP contribution < -0.4 is 9.80 Å². The van der Waals surface area contributed by atoms with Crippen molar-refractivity contribution in [1.82, 2.24) is 15.0 Å². The van der Waals surface area contributed by atoms with Gasteiger partial charge in [0.15, 0.2) is 5.82 Å². The molecule has 6 nitrogen and oxygen atoms in total. The van der Waals surface area contributed by atoms with Gasteiger partial charge >= 0.3 is 0 Å². The van der Waals surface area contributed by atoms with E-state index in [4.69, 9.17) is 0 Å². The van der Waals surface area contributed by atoms with Crippen molar-refractivity contribution in [2.24, 2.45) is 0 Å². The van der Waals surface area contributed by atoms with Gasteiger partial charge in [-0.15, -0.1) is 0 Å². The number of anilines is 2. The average Bonchev–Trinajstić information content (AvgIpc) is 2.51. The first kappa shape index (κ1) is 14.4. The molecular formula is C16H19N5O. The van der Waals surface area contributed by atoms with Gasteiger partial charge in [-0.25, -0.2) is 9.97 Å². The molecule has 1 aliphatic heterocycles. The van der Waals surface area contributed by atoms with Crippen LogP contribution in [-0.4, -0.2) is 40.5 Å². The van der Waals surface area contributed by atoms with Crippen LogP contribution in [0.4, 0.5) is 11.5 Å². The Morgan fingerprint density at radius 3 is 2.50 bits per heavy atom. The van der Waals surface area contributed by atoms with E-state index in [2.05, 4.69) is 15.0 Å². The van der Waals surface area contributed by atoms with Crippen molar-refractivity contribution in [3.05, 3.63) is 30.2 Å². The van der Waals surface area contributed by atoms with Gasteiger partial charge in [-0.1, -0.05) is 6.07 Å². The van der Waals surface area contributed by atoms with Gasteiger partial charge in [-0.05, 0) is 32.9 Å². The highest BCUT2D eigenvalue weighted by Gasteiger charge is 2.43. The van der Waals surface area contributed by atoms with Gasteiger partial charge in [0.25, 0.3) is 5.91 Å². The summed E-state index contributed by atoms with van der Waals surface area (Å²) >= 11 is 0. The van der Waals surface area contributed by atoms with Gasteiger partial charge in [0, 0.05) is 20.3 Å². The van der Waals surface area contributed by atoms with E-state index in [0.29, 0.717) is 17.2 Å². The number of aromatic nitrogens is 3. The average molecular weight is 297 g/mol. The fourth-order valence-corrected chi connectivity index (χ4v) is 2.70. The molecule has 0 saturated heterocycles. The monoisotopic (exact) mass is 297 g/mol. The second-order valence-corrected chi connectivity index (χ2v) is 5.99. The van der Waals surface area contributed by atoms with Gasteiger partial charge in [0.05, 0.1) is 5.69 Å². The molecule has 0 fully saturated rings. The van der Waals surface area contributed by atoms with Crippen LogP contribution in [-0.2, 0) is 4.79 Å². The highest BCUT2D eigenvalue weighted by molar-refractivity contribution is 6.09. The molecule has 2 aromatic heterocycles. The summed E-state index contributed by atoms with van der Waals surface area (Å²) in [5.41, 5.74) is 1.47. The molecule has 0 unspecified atom stereocenters. The smallest absolute Gasteiger partial charge is 0.252 e. The SMILES string of the molecule is Cc1nc(-c2ccccn2)c2c(n1)N(C)C(C)(C)C(=O)N2C. The Kier molecular flexibility index (Phi) is 3.12. The Balaban J connectivity index is 2.31. The van der Waals surface area contributed by atoms with E-state index < -0.39 is 5.54 Å². The summed E-state index contributed by atoms with van der Waals surface area (Å²) in [5, 5.41) is 0. The van der Waals surface area contributed by atoms with Crippen LogP contribution in [0.15, 0.2) is 24.4 Å². The number of fused-ring (bicyclic) bond motifs is 1. The third kappa shape index (κ3) is 1.94. The Hall–Kier alpha value is -2.50. The lowest BCUT2D eigenvalue weighted by Gasteiger charge is -2.44. The molecule has 1 amide bonds. The maximum absolute atomic E-state index is 12.7. The van der Waals surface area contributed by atoms with Crippen molar-refractivity contribution >= 4 is 17.4 Å². The topological polar surface area (TPSA) is 62.2 Å². The summed E-state index contributed by atoms with van der Waals surface area (Å²) in [6, 6.07) is 5.65. The van der Waals surface area contributed by atoms with E-state index >= 15 is 0 Å². The molecule has 2 aromatic rings. The minimum absolute atomic E-state index is 0.00661. The number of pyridine rings is 1. The molecule has 0 bridgehead atoms. The molecule has 114 valence electrons. The van der Waals surface area contributed by atoms with Crippen molar-refractivity contribution in [1.29, 1.82) is 0 Å². The zero-order valence-electron chi connectivity index (χ0n) is 13.5. The largest absolute Gasteiger partial charge is 0.344 e. The van der Waals surface area contributed by atoms with Crippen molar-refractivity contribution in [3.8, 4) is 11.4 Å². The molecule has 6 heteroatoms. The van der Waals surface area contributed by atoms with Crippen molar-refractivity contribution in [2.75, 3.05) is 23.9 Å². The zero-order chi connectivity index (χ0) is 16.1. The molecule has 3 rings (SSSR count). The predicted octanol–water partition coefficient (Wildman–Crippen LogP) is 2.04. The van der Waals surface area contributed by atoms with Crippen LogP contribution in [0.5, 0.6) is 0 Å². The molecule has 0 atom stereocenters. The number of hydrogen-bond donors (Lipinski definition) is 0. The molecule has 0 spiro atoms. The molecule has 0 aliphatic carbocycles. The maximum Gasteiger partial charge on any atom is 0.252 e. The number of aryl methyl sites for hydroxylation is 1. The summed E-state index contributed by atoms with van der Waals surface area (Å²) in [7, 11) is 3.65. The number of carbonyl (C=O) groups is 1. The number of carbonyl (C=O) groups excluding carboxylic acids is 1. The van der Waals surface area contributed by atoms with Crippen LogP contribution in [0.25, 0.3) is 11.4 Å². The van der Waals surface area contributed by atoms with Crippen LogP contribution in [0, 0.1) is 6.92 Å². The lowest BCUT2D eigenvalue weighted by molar-refractivity contribution is -0.122. The Bertz CT molecular complexity index is 742. The van der Waals surface area contributed by atoms with Gasteiger partial charge in [0.2, 0.25) is 0 Å². The van der Waals surface area contributed by atoms with Gasteiger partial charge in [-0.2, -0.15) is 0 Å². The third-order valence-electron chi connectivity index (χ3n) is 4.20. The fraction of sp³-hybridized carbons (Fsp3) is 0.375. The van der Waals surface area contributed by atoms with E-state index in [1.165, 1.54) is 0 Å². The van der Waals surface area contributed by atoms with Crippen molar-refractivity contribution in [2.45, 2.75) is 26.3 Å². The highest BCUT2D eigenvalue weighted by atomic mass is 16.2. The first-order chi connectivity index (χ1) is 10.3. The summed E-state index contributed by atoms with van der Waals surface area (Å²) in [6.45, 7) is 5.64. The van der Waals surface area contributed by atoms with Gasteiger partial charge in [0.1, 0.15) is 22.7 Å². The maximum atomic E-state index is 12.7. The number of nitrogens with zero attached hydrogens (tertiary/aromatic N) is 5. The van der Waals surface area contributed by atoms with Crippen LogP contribution in [0.2, 0.25) is 0 Å². The molecule has 0 saturated carbocycles. The summed E-state index contributed by atoms with van der Waals surface area (Å²) in [4.78, 5) is 29.7. The standard InChI is InChI=1S/C16H19N5O/c1-10-18-12(11-8-6-7-9-17-11)13-14(19-10)21(5)16(2,3)15(22)20(13)4/h6-9H,1-5H3. The van der Waals surface area contributed by atoms with E-state index in [1.54, 1.807) is 18.1 Å². The van der Waals surface area contributed by atoms with Crippen LogP contribution in [0.3, 0.4) is 0 Å². The molecule has 3 heterocycles. The lowest BCUT2D eigenvalue weighted by atomic mass is 9.97. The highest BCUT2D eigenvalue weighted by Crippen LogP contribution is 2.42. The summed E-state index contributed by atoms with van der Waals surface area (Å²) in [6.07, 6.45) is 1.72. The number of hydrogen-bond acceptors (Lipinski definition) is 5. The van der Waals surface area contributed by atoms with Gasteiger partial charge < -0.3 is 9.80 Å². The quantitative estimate of drug-likeness (QED) is 0.806. The lowest BCUT2D eigenvalue weighted by Crippen LogP contribution is -2.58. The molecule has 0 radical (unpaired) electrons. The van der Waals surface area contributed by atoms with Crippen LogP contribution in [0.1, 0.15) is 19.7 Å². The normalized spacial score (nSPS) is 16.7. The van der Waals surface area contributed by atoms with Gasteiger partial charge in [-0.3, -0.25) is 9.78 Å². The summed E-state index contributed by atoms with van der Waals surface area (Å²) < 4.78 is 0. The van der Waals surface area contributed by atoms with Crippen molar-refractivity contribution < 1.29 is 4.79 Å². The Morgan fingerprint density at radius 2 is 1.86 bits per heavy atom. The fourth-order valence-electron chi connectivity index (χ4n) is 2.70. The second-order valence-electron chi connectivity index (χ2n) is 5.99. The zero-order valence-corrected chi connectivity index (χ0v) is 13.5. The first-order valence-electron chi connectivity index (χ1n) is 7.16. The molecular weight excluding hydrogens is 278 g/mol. The predicted molar refractivity (Wildman–Crippen MR) is 85.9 cm³/mol. The first-order valence-corrected chi connectivity index (χ1v) is 7.16. The van der Waals surface area contributed by atoms with E-state index in [0.717, 1.165) is 11.5 Å². The minimum atomic E-state index is -0.649. The Morgan fingerprint density at radius 1 is 1.14 bits per heavy atom. The van der Waals surface area contributed by atoms with E-state index in [9.17, 15) is 4.79 Å². The number of likely N-dealkylation sites (N-methyl/N-ethyl adjacent to an activating group) is 2. The molecule has 0 aromatic carbocycles. The molecule has 22 heavy (non-hydrogen) atoms. The summed E-state index contributed by atoms with van der Waals surface area (Å²) in [5.74, 6) is 1.41. The second kappa shape index (κ2) is 4.76. The van der Waals surface area contributed by atoms with E-state index in [-0.39, 0.29) is 5.91 Å². The molecule has 0 N–H and O–H groups in total. The van der Waals surface area contributed by atoms with Crippen LogP contribution >= 0.6 is 0 Å². The number of rotatable bonds is 1. The Labute approximate surface area is 129 Å². The van der Waals surface area contributed by atoms with E-state index in [1.807, 2.05) is 50.9 Å². The van der Waals surface area contributed by atoms with Crippen molar-refractivity contribution in [3.63, 3.8) is 0 Å². The molecule has 1 aliphatic rings. The number of amides is 1. The minimum Gasteiger partial charge on any atom is -0.344 e. The third-order valence-corrected chi connectivity index (χ3v) is 4.20.